The first-order valence-corrected chi connectivity index (χ1v) is 8.64. The normalized spacial score (nSPS) is 12.2. The molecule has 3 rings (SSSR count). The Bertz CT molecular complexity index is 655. The van der Waals surface area contributed by atoms with Gasteiger partial charge in [-0.25, -0.2) is 4.98 Å². The minimum atomic E-state index is 0.0601. The average Bonchev–Trinajstić information content (AvgIpc) is 3.33. The van der Waals surface area contributed by atoms with Crippen LogP contribution in [0.4, 0.5) is 0 Å². The maximum Gasteiger partial charge on any atom is 0.222 e. The second kappa shape index (κ2) is 7.78. The van der Waals surface area contributed by atoms with Crippen LogP contribution in [0.25, 0.3) is 0 Å². The summed E-state index contributed by atoms with van der Waals surface area (Å²) in [5.74, 6) is 0.0838. The minimum absolute atomic E-state index is 0.0601. The fourth-order valence-electron chi connectivity index (χ4n) is 2.57. The molecule has 6 heteroatoms. The van der Waals surface area contributed by atoms with E-state index in [-0.39, 0.29) is 11.9 Å². The lowest BCUT2D eigenvalue weighted by Gasteiger charge is -2.18. The standard InChI is InChI=1S/C17H20N4OS/c22-17(19-5-3-7-20-10-6-18-14-20)12-16(15-4-11-23-13-15)21-8-1-2-9-21/h1-2,4,6,8-11,13-14,16H,3,5,7,12H2,(H,19,22). The van der Waals surface area contributed by atoms with Gasteiger partial charge >= 0.3 is 0 Å². The Kier molecular flexibility index (Phi) is 5.26. The third-order valence-corrected chi connectivity index (χ3v) is 4.47. The van der Waals surface area contributed by atoms with E-state index in [0.717, 1.165) is 13.0 Å². The molecule has 0 bridgehead atoms. The van der Waals surface area contributed by atoms with Gasteiger partial charge < -0.3 is 14.5 Å². The van der Waals surface area contributed by atoms with Gasteiger partial charge in [0.05, 0.1) is 18.8 Å². The number of thiophene rings is 1. The highest BCUT2D eigenvalue weighted by Gasteiger charge is 2.17. The van der Waals surface area contributed by atoms with E-state index in [9.17, 15) is 4.79 Å². The van der Waals surface area contributed by atoms with E-state index in [0.29, 0.717) is 13.0 Å². The van der Waals surface area contributed by atoms with E-state index in [1.165, 1.54) is 5.56 Å². The summed E-state index contributed by atoms with van der Waals surface area (Å²) in [6.07, 6.45) is 10.9. The summed E-state index contributed by atoms with van der Waals surface area (Å²) in [4.78, 5) is 16.3. The summed E-state index contributed by atoms with van der Waals surface area (Å²) < 4.78 is 4.10. The van der Waals surface area contributed by atoms with Crippen molar-refractivity contribution in [3.8, 4) is 0 Å². The van der Waals surface area contributed by atoms with Crippen molar-refractivity contribution in [3.63, 3.8) is 0 Å². The van der Waals surface area contributed by atoms with Crippen molar-refractivity contribution in [2.75, 3.05) is 6.54 Å². The number of nitrogens with zero attached hydrogens (tertiary/aromatic N) is 3. The van der Waals surface area contributed by atoms with Crippen LogP contribution in [0.5, 0.6) is 0 Å². The Morgan fingerprint density at radius 1 is 1.30 bits per heavy atom. The van der Waals surface area contributed by atoms with E-state index < -0.39 is 0 Å². The van der Waals surface area contributed by atoms with Gasteiger partial charge in [0.1, 0.15) is 0 Å². The summed E-state index contributed by atoms with van der Waals surface area (Å²) in [5.41, 5.74) is 1.18. The number of amides is 1. The Morgan fingerprint density at radius 2 is 2.17 bits per heavy atom. The number of carbonyl (C=O) groups is 1. The van der Waals surface area contributed by atoms with E-state index in [2.05, 4.69) is 31.7 Å². The van der Waals surface area contributed by atoms with Crippen LogP contribution in [0.3, 0.4) is 0 Å². The molecule has 0 spiro atoms. The number of carbonyl (C=O) groups excluding carboxylic acids is 1. The molecular formula is C17H20N4OS. The Labute approximate surface area is 139 Å². The third-order valence-electron chi connectivity index (χ3n) is 3.77. The molecule has 1 atom stereocenters. The van der Waals surface area contributed by atoms with Gasteiger partial charge in [0, 0.05) is 37.9 Å². The molecular weight excluding hydrogens is 308 g/mol. The van der Waals surface area contributed by atoms with Gasteiger partial charge in [-0.15, -0.1) is 0 Å². The highest BCUT2D eigenvalue weighted by molar-refractivity contribution is 7.07. The predicted molar refractivity (Wildman–Crippen MR) is 91.4 cm³/mol. The third kappa shape index (κ3) is 4.32. The zero-order valence-corrected chi connectivity index (χ0v) is 13.7. The van der Waals surface area contributed by atoms with Gasteiger partial charge in [-0.1, -0.05) is 0 Å². The van der Waals surface area contributed by atoms with Crippen molar-refractivity contribution < 1.29 is 4.79 Å². The molecule has 5 nitrogen and oxygen atoms in total. The Morgan fingerprint density at radius 3 is 2.87 bits per heavy atom. The number of aromatic nitrogens is 3. The highest BCUT2D eigenvalue weighted by Crippen LogP contribution is 2.24. The Hall–Kier alpha value is -2.34. The molecule has 1 unspecified atom stereocenters. The molecule has 0 aliphatic carbocycles. The van der Waals surface area contributed by atoms with Crippen LogP contribution in [-0.2, 0) is 11.3 Å². The van der Waals surface area contributed by atoms with Crippen LogP contribution in [0, 0.1) is 0 Å². The van der Waals surface area contributed by atoms with Crippen molar-refractivity contribution in [3.05, 3.63) is 65.6 Å². The van der Waals surface area contributed by atoms with Gasteiger partial charge in [-0.3, -0.25) is 4.79 Å². The fourth-order valence-corrected chi connectivity index (χ4v) is 3.28. The average molecular weight is 328 g/mol. The zero-order chi connectivity index (χ0) is 15.9. The SMILES string of the molecule is O=C(CC(c1ccsc1)n1cccc1)NCCCn1ccnc1. The topological polar surface area (TPSA) is 51.9 Å². The fraction of sp³-hybridized carbons (Fsp3) is 0.294. The number of nitrogens with one attached hydrogen (secondary N) is 1. The van der Waals surface area contributed by atoms with Crippen LogP contribution in [0.15, 0.2) is 60.1 Å². The van der Waals surface area contributed by atoms with Gasteiger partial charge in [0.15, 0.2) is 0 Å². The first-order chi connectivity index (χ1) is 11.3. The lowest BCUT2D eigenvalue weighted by Crippen LogP contribution is -2.28. The molecule has 0 radical (unpaired) electrons. The van der Waals surface area contributed by atoms with Crippen molar-refractivity contribution >= 4 is 17.2 Å². The number of rotatable bonds is 8. The first-order valence-electron chi connectivity index (χ1n) is 7.70. The van der Waals surface area contributed by atoms with E-state index in [1.807, 2.05) is 35.3 Å². The second-order valence-corrected chi connectivity index (χ2v) is 6.19. The minimum Gasteiger partial charge on any atom is -0.356 e. The summed E-state index contributed by atoms with van der Waals surface area (Å²) in [6.45, 7) is 1.55. The molecule has 0 aromatic carbocycles. The predicted octanol–water partition coefficient (Wildman–Crippen LogP) is 2.93. The molecule has 3 heterocycles. The van der Waals surface area contributed by atoms with Gasteiger partial charge in [0.25, 0.3) is 0 Å². The summed E-state index contributed by atoms with van der Waals surface area (Å²) in [5, 5.41) is 7.18. The smallest absolute Gasteiger partial charge is 0.222 e. The lowest BCUT2D eigenvalue weighted by molar-refractivity contribution is -0.121. The van der Waals surface area contributed by atoms with Crippen molar-refractivity contribution in [1.29, 1.82) is 0 Å². The summed E-state index contributed by atoms with van der Waals surface area (Å²) in [6, 6.07) is 6.12. The van der Waals surface area contributed by atoms with Crippen molar-refractivity contribution in [2.45, 2.75) is 25.4 Å². The summed E-state index contributed by atoms with van der Waals surface area (Å²) in [7, 11) is 0. The Balaban J connectivity index is 1.50. The lowest BCUT2D eigenvalue weighted by atomic mass is 10.1. The molecule has 3 aromatic heterocycles. The van der Waals surface area contributed by atoms with Crippen LogP contribution < -0.4 is 5.32 Å². The number of hydrogen-bond donors (Lipinski definition) is 1. The van der Waals surface area contributed by atoms with Crippen LogP contribution >= 0.6 is 11.3 Å². The molecule has 1 N–H and O–H groups in total. The van der Waals surface area contributed by atoms with Gasteiger partial charge in [-0.2, -0.15) is 11.3 Å². The molecule has 0 aliphatic rings. The van der Waals surface area contributed by atoms with Crippen molar-refractivity contribution in [2.24, 2.45) is 0 Å². The molecule has 0 saturated heterocycles. The molecule has 0 fully saturated rings. The van der Waals surface area contributed by atoms with E-state index in [4.69, 9.17) is 0 Å². The number of imidazole rings is 1. The van der Waals surface area contributed by atoms with E-state index >= 15 is 0 Å². The maximum atomic E-state index is 12.3. The second-order valence-electron chi connectivity index (χ2n) is 5.41. The highest BCUT2D eigenvalue weighted by atomic mass is 32.1. The van der Waals surface area contributed by atoms with E-state index in [1.54, 1.807) is 23.9 Å². The summed E-state index contributed by atoms with van der Waals surface area (Å²) >= 11 is 1.66. The van der Waals surface area contributed by atoms with Gasteiger partial charge in [0.2, 0.25) is 5.91 Å². The largest absolute Gasteiger partial charge is 0.356 e. The van der Waals surface area contributed by atoms with Gasteiger partial charge in [-0.05, 0) is 40.9 Å². The maximum absolute atomic E-state index is 12.3. The molecule has 120 valence electrons. The first kappa shape index (κ1) is 15.6. The van der Waals surface area contributed by atoms with Crippen LogP contribution in [0.2, 0.25) is 0 Å². The zero-order valence-electron chi connectivity index (χ0n) is 12.8. The molecule has 1 amide bonds. The number of hydrogen-bond acceptors (Lipinski definition) is 3. The quantitative estimate of drug-likeness (QED) is 0.646. The monoisotopic (exact) mass is 328 g/mol. The molecule has 0 aliphatic heterocycles. The van der Waals surface area contributed by atoms with Crippen LogP contribution in [0.1, 0.15) is 24.4 Å². The number of aryl methyl sites for hydroxylation is 1. The van der Waals surface area contributed by atoms with Crippen LogP contribution in [-0.4, -0.2) is 26.6 Å². The molecule has 23 heavy (non-hydrogen) atoms. The molecule has 0 saturated carbocycles. The molecule has 3 aromatic rings. The van der Waals surface area contributed by atoms with Crippen molar-refractivity contribution in [1.82, 2.24) is 19.4 Å².